The lowest BCUT2D eigenvalue weighted by Crippen LogP contribution is -2.04. The highest BCUT2D eigenvalue weighted by Crippen LogP contribution is 2.30. The van der Waals surface area contributed by atoms with Crippen molar-refractivity contribution in [3.8, 4) is 11.5 Å². The maximum absolute atomic E-state index is 12.0. The number of carbonyl (C=O) groups is 2. The average Bonchev–Trinajstić information content (AvgIpc) is 3.20. The number of carbonyl (C=O) groups excluding carboxylic acids is 2. The molecule has 2 heterocycles. The Labute approximate surface area is 143 Å². The molecule has 0 aliphatic carbocycles. The van der Waals surface area contributed by atoms with Crippen LogP contribution in [0.5, 0.6) is 11.5 Å². The van der Waals surface area contributed by atoms with Gasteiger partial charge in [-0.25, -0.2) is 9.79 Å². The number of hydrogen-bond acceptors (Lipinski definition) is 7. The molecule has 0 fully saturated rings. The summed E-state index contributed by atoms with van der Waals surface area (Å²) in [6.45, 7) is 3.53. The molecule has 1 aromatic carbocycles. The summed E-state index contributed by atoms with van der Waals surface area (Å²) in [7, 11) is 0. The van der Waals surface area contributed by atoms with Crippen molar-refractivity contribution in [2.24, 2.45) is 4.99 Å². The van der Waals surface area contributed by atoms with Crippen LogP contribution in [-0.4, -0.2) is 24.4 Å². The number of esters is 2. The van der Waals surface area contributed by atoms with E-state index in [-0.39, 0.29) is 11.6 Å². The van der Waals surface area contributed by atoms with Gasteiger partial charge in [-0.3, -0.25) is 4.79 Å². The van der Waals surface area contributed by atoms with Crippen LogP contribution in [0.15, 0.2) is 51.7 Å². The first-order valence-electron chi connectivity index (χ1n) is 7.58. The molecule has 0 radical (unpaired) electrons. The van der Waals surface area contributed by atoms with Gasteiger partial charge < -0.3 is 18.6 Å². The van der Waals surface area contributed by atoms with Crippen LogP contribution >= 0.6 is 0 Å². The lowest BCUT2D eigenvalue weighted by atomic mass is 10.1. The Morgan fingerprint density at radius 2 is 2.12 bits per heavy atom. The Balaban J connectivity index is 1.91. The molecule has 0 bridgehead atoms. The number of cyclic esters (lactones) is 1. The molecular formula is C18H15NO6. The fourth-order valence-electron chi connectivity index (χ4n) is 2.19. The molecule has 1 aliphatic rings. The number of ether oxygens (including phenoxy) is 3. The second-order valence-electron chi connectivity index (χ2n) is 5.05. The maximum atomic E-state index is 12.0. The van der Waals surface area contributed by atoms with E-state index in [2.05, 4.69) is 4.99 Å². The second-order valence-corrected chi connectivity index (χ2v) is 5.05. The molecule has 0 amide bonds. The van der Waals surface area contributed by atoms with Gasteiger partial charge in [-0.15, -0.1) is 0 Å². The minimum Gasteiger partial charge on any atom is -0.490 e. The Bertz CT molecular complexity index is 864. The molecule has 2 aromatic rings. The zero-order valence-electron chi connectivity index (χ0n) is 13.6. The van der Waals surface area contributed by atoms with Crippen molar-refractivity contribution in [1.29, 1.82) is 0 Å². The molecule has 3 rings (SSSR count). The van der Waals surface area contributed by atoms with Gasteiger partial charge in [0.05, 0.1) is 12.9 Å². The topological polar surface area (TPSA) is 87.3 Å². The maximum Gasteiger partial charge on any atom is 0.363 e. The molecule has 0 spiro atoms. The van der Waals surface area contributed by atoms with Crippen molar-refractivity contribution in [3.63, 3.8) is 0 Å². The lowest BCUT2D eigenvalue weighted by molar-refractivity contribution is -0.132. The fourth-order valence-corrected chi connectivity index (χ4v) is 2.19. The molecule has 0 saturated carbocycles. The second kappa shape index (κ2) is 7.04. The van der Waals surface area contributed by atoms with Gasteiger partial charge >= 0.3 is 11.9 Å². The van der Waals surface area contributed by atoms with E-state index in [1.54, 1.807) is 36.4 Å². The minimum absolute atomic E-state index is 0.114. The quantitative estimate of drug-likeness (QED) is 0.472. The molecule has 0 saturated heterocycles. The number of furan rings is 1. The average molecular weight is 341 g/mol. The van der Waals surface area contributed by atoms with Crippen molar-refractivity contribution >= 4 is 23.9 Å². The van der Waals surface area contributed by atoms with Crippen LogP contribution in [0.2, 0.25) is 0 Å². The van der Waals surface area contributed by atoms with Crippen LogP contribution in [0.4, 0.5) is 0 Å². The summed E-state index contributed by atoms with van der Waals surface area (Å²) in [5.41, 5.74) is 0.782. The van der Waals surface area contributed by atoms with E-state index in [0.717, 1.165) is 0 Å². The Kier molecular flexibility index (Phi) is 4.65. The highest BCUT2D eigenvalue weighted by atomic mass is 16.6. The van der Waals surface area contributed by atoms with E-state index in [0.29, 0.717) is 29.4 Å². The van der Waals surface area contributed by atoms with E-state index in [4.69, 9.17) is 18.6 Å². The van der Waals surface area contributed by atoms with E-state index in [1.165, 1.54) is 13.2 Å². The van der Waals surface area contributed by atoms with Gasteiger partial charge in [-0.05, 0) is 42.8 Å². The normalized spacial score (nSPS) is 15.0. The number of nitrogens with zero attached hydrogens (tertiary/aromatic N) is 1. The third-order valence-corrected chi connectivity index (χ3v) is 3.18. The third kappa shape index (κ3) is 3.77. The van der Waals surface area contributed by atoms with Gasteiger partial charge in [0.25, 0.3) is 5.90 Å². The van der Waals surface area contributed by atoms with Crippen LogP contribution < -0.4 is 9.47 Å². The summed E-state index contributed by atoms with van der Waals surface area (Å²) >= 11 is 0. The van der Waals surface area contributed by atoms with Crippen LogP contribution in [0.3, 0.4) is 0 Å². The predicted molar refractivity (Wildman–Crippen MR) is 88.2 cm³/mol. The Morgan fingerprint density at radius 1 is 1.28 bits per heavy atom. The number of hydrogen-bond donors (Lipinski definition) is 0. The predicted octanol–water partition coefficient (Wildman–Crippen LogP) is 2.95. The van der Waals surface area contributed by atoms with Gasteiger partial charge in [-0.2, -0.15) is 0 Å². The lowest BCUT2D eigenvalue weighted by Gasteiger charge is -2.10. The first-order chi connectivity index (χ1) is 12.1. The van der Waals surface area contributed by atoms with Crippen LogP contribution in [0.25, 0.3) is 6.08 Å². The summed E-state index contributed by atoms with van der Waals surface area (Å²) in [5.74, 6) is 0.172. The molecule has 25 heavy (non-hydrogen) atoms. The van der Waals surface area contributed by atoms with Crippen molar-refractivity contribution in [1.82, 2.24) is 0 Å². The van der Waals surface area contributed by atoms with Crippen molar-refractivity contribution in [3.05, 3.63) is 53.6 Å². The Hall–Kier alpha value is -3.35. The summed E-state index contributed by atoms with van der Waals surface area (Å²) in [4.78, 5) is 27.2. The monoisotopic (exact) mass is 341 g/mol. The van der Waals surface area contributed by atoms with E-state index >= 15 is 0 Å². The largest absolute Gasteiger partial charge is 0.490 e. The van der Waals surface area contributed by atoms with Gasteiger partial charge in [0, 0.05) is 6.92 Å². The zero-order valence-corrected chi connectivity index (χ0v) is 13.6. The summed E-state index contributed by atoms with van der Waals surface area (Å²) in [6.07, 6.45) is 3.02. The van der Waals surface area contributed by atoms with Crippen LogP contribution in [0, 0.1) is 0 Å². The molecule has 7 heteroatoms. The SMILES string of the molecule is CCOc1cc(/C=C2\N=C(c3ccco3)OC2=O)ccc1OC(C)=O. The molecule has 0 atom stereocenters. The molecule has 7 nitrogen and oxygen atoms in total. The minimum atomic E-state index is -0.576. The number of aliphatic imine (C=N–C) groups is 1. The number of benzene rings is 1. The van der Waals surface area contributed by atoms with Gasteiger partial charge in [0.1, 0.15) is 0 Å². The molecule has 128 valence electrons. The summed E-state index contributed by atoms with van der Waals surface area (Å²) in [6, 6.07) is 8.26. The highest BCUT2D eigenvalue weighted by Gasteiger charge is 2.25. The first kappa shape index (κ1) is 16.5. The number of rotatable bonds is 5. The molecule has 0 N–H and O–H groups in total. The van der Waals surface area contributed by atoms with Gasteiger partial charge in [-0.1, -0.05) is 6.07 Å². The smallest absolute Gasteiger partial charge is 0.363 e. The third-order valence-electron chi connectivity index (χ3n) is 3.18. The van der Waals surface area contributed by atoms with Crippen LogP contribution in [-0.2, 0) is 14.3 Å². The standard InChI is InChI=1S/C18H15NO6/c1-3-22-16-10-12(6-7-14(16)24-11(2)20)9-13-18(21)25-17(19-13)15-5-4-8-23-15/h4-10H,3H2,1-2H3/b13-9-. The van der Waals surface area contributed by atoms with Crippen molar-refractivity contribution < 1.29 is 28.2 Å². The summed E-state index contributed by atoms with van der Waals surface area (Å²) in [5, 5.41) is 0. The molecule has 1 aromatic heterocycles. The van der Waals surface area contributed by atoms with Gasteiger partial charge in [0.2, 0.25) is 0 Å². The molecular weight excluding hydrogens is 326 g/mol. The van der Waals surface area contributed by atoms with E-state index in [9.17, 15) is 9.59 Å². The van der Waals surface area contributed by atoms with E-state index < -0.39 is 11.9 Å². The van der Waals surface area contributed by atoms with Crippen molar-refractivity contribution in [2.75, 3.05) is 6.61 Å². The molecule has 1 aliphatic heterocycles. The van der Waals surface area contributed by atoms with Crippen LogP contribution in [0.1, 0.15) is 25.2 Å². The Morgan fingerprint density at radius 3 is 2.80 bits per heavy atom. The van der Waals surface area contributed by atoms with Gasteiger partial charge in [0.15, 0.2) is 23.0 Å². The van der Waals surface area contributed by atoms with Crippen molar-refractivity contribution in [2.45, 2.75) is 13.8 Å². The molecule has 0 unspecified atom stereocenters. The first-order valence-corrected chi connectivity index (χ1v) is 7.58. The fraction of sp³-hybridized carbons (Fsp3) is 0.167. The summed E-state index contributed by atoms with van der Waals surface area (Å²) < 4.78 is 20.8. The zero-order chi connectivity index (χ0) is 17.8. The highest BCUT2D eigenvalue weighted by molar-refractivity contribution is 6.11. The van der Waals surface area contributed by atoms with E-state index in [1.807, 2.05) is 6.92 Å².